The average Bonchev–Trinajstić information content (AvgIpc) is 2.77. The van der Waals surface area contributed by atoms with Gasteiger partial charge in [-0.05, 0) is 49.1 Å². The lowest BCUT2D eigenvalue weighted by molar-refractivity contribution is -0.117. The van der Waals surface area contributed by atoms with E-state index in [1.165, 1.54) is 10.1 Å². The van der Waals surface area contributed by atoms with Gasteiger partial charge in [0.15, 0.2) is 5.16 Å². The SMILES string of the molecule is CCNC(=O)NC(=O)CSc1nc2ccccc2c(=O)n1-c1ccc(C(C)CC)cc1. The second-order valence-electron chi connectivity index (χ2n) is 7.15. The van der Waals surface area contributed by atoms with Crippen molar-refractivity contribution in [3.8, 4) is 5.69 Å². The van der Waals surface area contributed by atoms with Crippen molar-refractivity contribution < 1.29 is 9.59 Å². The molecule has 0 spiro atoms. The lowest BCUT2D eigenvalue weighted by atomic mass is 9.98. The number of imide groups is 1. The molecule has 8 heteroatoms. The lowest BCUT2D eigenvalue weighted by Gasteiger charge is -2.15. The molecule has 0 saturated carbocycles. The van der Waals surface area contributed by atoms with Crippen molar-refractivity contribution in [2.45, 2.75) is 38.3 Å². The van der Waals surface area contributed by atoms with Crippen molar-refractivity contribution >= 4 is 34.6 Å². The van der Waals surface area contributed by atoms with E-state index in [0.29, 0.717) is 34.2 Å². The van der Waals surface area contributed by atoms with Crippen LogP contribution in [-0.4, -0.2) is 33.8 Å². The minimum atomic E-state index is -0.544. The highest BCUT2D eigenvalue weighted by Crippen LogP contribution is 2.24. The van der Waals surface area contributed by atoms with E-state index in [4.69, 9.17) is 0 Å². The van der Waals surface area contributed by atoms with E-state index in [1.54, 1.807) is 25.1 Å². The van der Waals surface area contributed by atoms with E-state index in [2.05, 4.69) is 29.5 Å². The van der Waals surface area contributed by atoms with Gasteiger partial charge in [0.2, 0.25) is 5.91 Å². The Morgan fingerprint density at radius 1 is 1.10 bits per heavy atom. The monoisotopic (exact) mass is 438 g/mol. The first-order chi connectivity index (χ1) is 14.9. The molecule has 2 aromatic carbocycles. The standard InChI is InChI=1S/C23H26N4O3S/c1-4-15(3)16-10-12-17(13-11-16)27-21(29)18-8-6-7-9-19(18)25-23(27)31-14-20(28)26-22(30)24-5-2/h6-13,15H,4-5,14H2,1-3H3,(H2,24,26,28,30). The highest BCUT2D eigenvalue weighted by atomic mass is 32.2. The van der Waals surface area contributed by atoms with Gasteiger partial charge in [-0.25, -0.2) is 9.78 Å². The van der Waals surface area contributed by atoms with Gasteiger partial charge >= 0.3 is 6.03 Å². The summed E-state index contributed by atoms with van der Waals surface area (Å²) in [7, 11) is 0. The van der Waals surface area contributed by atoms with Crippen LogP contribution in [-0.2, 0) is 4.79 Å². The summed E-state index contributed by atoms with van der Waals surface area (Å²) in [4.78, 5) is 41.6. The molecule has 0 bridgehead atoms. The van der Waals surface area contributed by atoms with Crippen LogP contribution in [0.1, 0.15) is 38.7 Å². The van der Waals surface area contributed by atoms with Gasteiger partial charge < -0.3 is 5.32 Å². The molecule has 3 aromatic rings. The molecule has 3 rings (SSSR count). The van der Waals surface area contributed by atoms with Gasteiger partial charge in [0.25, 0.3) is 5.56 Å². The van der Waals surface area contributed by atoms with Crippen LogP contribution in [0.2, 0.25) is 0 Å². The van der Waals surface area contributed by atoms with Crippen LogP contribution in [0.15, 0.2) is 58.5 Å². The first-order valence-electron chi connectivity index (χ1n) is 10.3. The molecule has 162 valence electrons. The molecule has 1 atom stereocenters. The van der Waals surface area contributed by atoms with Crippen LogP contribution in [0.4, 0.5) is 4.79 Å². The predicted octanol–water partition coefficient (Wildman–Crippen LogP) is 3.84. The van der Waals surface area contributed by atoms with Crippen LogP contribution < -0.4 is 16.2 Å². The summed E-state index contributed by atoms with van der Waals surface area (Å²) >= 11 is 1.11. The summed E-state index contributed by atoms with van der Waals surface area (Å²) in [5.74, 6) is -0.0864. The number of nitrogens with one attached hydrogen (secondary N) is 2. The van der Waals surface area contributed by atoms with Crippen molar-refractivity contribution in [3.05, 3.63) is 64.4 Å². The normalized spacial score (nSPS) is 11.8. The predicted molar refractivity (Wildman–Crippen MR) is 124 cm³/mol. The lowest BCUT2D eigenvalue weighted by Crippen LogP contribution is -2.40. The number of benzene rings is 2. The van der Waals surface area contributed by atoms with Gasteiger partial charge in [-0.1, -0.05) is 49.9 Å². The number of fused-ring (bicyclic) bond motifs is 1. The van der Waals surface area contributed by atoms with Crippen LogP contribution in [0.5, 0.6) is 0 Å². The summed E-state index contributed by atoms with van der Waals surface area (Å²) < 4.78 is 1.52. The number of para-hydroxylation sites is 1. The summed E-state index contributed by atoms with van der Waals surface area (Å²) in [6.07, 6.45) is 1.03. The van der Waals surface area contributed by atoms with Crippen molar-refractivity contribution in [2.24, 2.45) is 0 Å². The Morgan fingerprint density at radius 2 is 1.81 bits per heavy atom. The molecular formula is C23H26N4O3S. The van der Waals surface area contributed by atoms with Gasteiger partial charge in [-0.2, -0.15) is 0 Å². The van der Waals surface area contributed by atoms with Gasteiger partial charge in [0.1, 0.15) is 0 Å². The molecular weight excluding hydrogens is 412 g/mol. The second kappa shape index (κ2) is 10.3. The number of thioether (sulfide) groups is 1. The third kappa shape index (κ3) is 5.32. The number of urea groups is 1. The third-order valence-electron chi connectivity index (χ3n) is 5.00. The number of rotatable bonds is 7. The highest BCUT2D eigenvalue weighted by Gasteiger charge is 2.16. The van der Waals surface area contributed by atoms with Crippen molar-refractivity contribution in [1.29, 1.82) is 0 Å². The molecule has 0 aliphatic heterocycles. The maximum absolute atomic E-state index is 13.3. The van der Waals surface area contributed by atoms with Gasteiger partial charge in [-0.15, -0.1) is 0 Å². The van der Waals surface area contributed by atoms with E-state index in [9.17, 15) is 14.4 Å². The second-order valence-corrected chi connectivity index (χ2v) is 8.09. The number of carbonyl (C=O) groups is 2. The summed E-state index contributed by atoms with van der Waals surface area (Å²) in [5, 5.41) is 5.68. The average molecular weight is 439 g/mol. The number of amides is 3. The van der Waals surface area contributed by atoms with Crippen LogP contribution in [0, 0.1) is 0 Å². The van der Waals surface area contributed by atoms with E-state index in [-0.39, 0.29) is 11.3 Å². The molecule has 1 heterocycles. The molecule has 31 heavy (non-hydrogen) atoms. The molecule has 1 aromatic heterocycles. The topological polar surface area (TPSA) is 93.1 Å². The zero-order chi connectivity index (χ0) is 22.4. The summed E-state index contributed by atoms with van der Waals surface area (Å²) in [6, 6.07) is 14.4. The Hall–Kier alpha value is -3.13. The number of nitrogens with zero attached hydrogens (tertiary/aromatic N) is 2. The van der Waals surface area contributed by atoms with E-state index >= 15 is 0 Å². The number of carbonyl (C=O) groups excluding carboxylic acids is 2. The Morgan fingerprint density at radius 3 is 2.48 bits per heavy atom. The minimum absolute atomic E-state index is 0.0487. The zero-order valence-electron chi connectivity index (χ0n) is 17.8. The fourth-order valence-corrected chi connectivity index (χ4v) is 3.93. The fraction of sp³-hybridized carbons (Fsp3) is 0.304. The molecule has 1 unspecified atom stereocenters. The number of aromatic nitrogens is 2. The smallest absolute Gasteiger partial charge is 0.321 e. The maximum Gasteiger partial charge on any atom is 0.321 e. The Bertz CT molecular complexity index is 1140. The molecule has 0 aliphatic carbocycles. The van der Waals surface area contributed by atoms with E-state index in [0.717, 1.165) is 18.2 Å². The van der Waals surface area contributed by atoms with Gasteiger partial charge in [0, 0.05) is 6.54 Å². The fourth-order valence-electron chi connectivity index (χ4n) is 3.12. The Balaban J connectivity index is 1.97. The summed E-state index contributed by atoms with van der Waals surface area (Å²) in [6.45, 7) is 6.48. The maximum atomic E-state index is 13.3. The molecule has 0 aliphatic rings. The first kappa shape index (κ1) is 22.6. The van der Waals surface area contributed by atoms with Gasteiger partial charge in [-0.3, -0.25) is 19.5 Å². The zero-order valence-corrected chi connectivity index (χ0v) is 18.7. The molecule has 3 amide bonds. The molecule has 0 radical (unpaired) electrons. The van der Waals surface area contributed by atoms with Crippen molar-refractivity contribution in [1.82, 2.24) is 20.2 Å². The molecule has 2 N–H and O–H groups in total. The van der Waals surface area contributed by atoms with E-state index < -0.39 is 11.9 Å². The van der Waals surface area contributed by atoms with Crippen LogP contribution in [0.25, 0.3) is 16.6 Å². The minimum Gasteiger partial charge on any atom is -0.338 e. The quantitative estimate of drug-likeness (QED) is 0.432. The van der Waals surface area contributed by atoms with E-state index in [1.807, 2.05) is 30.3 Å². The Labute approximate surface area is 185 Å². The van der Waals surface area contributed by atoms with Crippen LogP contribution >= 0.6 is 11.8 Å². The van der Waals surface area contributed by atoms with Gasteiger partial charge in [0.05, 0.1) is 22.3 Å². The molecule has 7 nitrogen and oxygen atoms in total. The number of hydrogen-bond donors (Lipinski definition) is 2. The first-order valence-corrected chi connectivity index (χ1v) is 11.3. The number of hydrogen-bond acceptors (Lipinski definition) is 5. The van der Waals surface area contributed by atoms with Crippen molar-refractivity contribution in [2.75, 3.05) is 12.3 Å². The molecule has 0 saturated heterocycles. The van der Waals surface area contributed by atoms with Crippen molar-refractivity contribution in [3.63, 3.8) is 0 Å². The third-order valence-corrected chi connectivity index (χ3v) is 5.94. The Kier molecular flexibility index (Phi) is 7.46. The largest absolute Gasteiger partial charge is 0.338 e. The summed E-state index contributed by atoms with van der Waals surface area (Å²) in [5.41, 5.74) is 2.24. The molecule has 0 fully saturated rings. The van der Waals surface area contributed by atoms with Crippen LogP contribution in [0.3, 0.4) is 0 Å². The highest BCUT2D eigenvalue weighted by molar-refractivity contribution is 7.99.